The van der Waals surface area contributed by atoms with Crippen molar-refractivity contribution in [1.29, 1.82) is 0 Å². The van der Waals surface area contributed by atoms with Crippen molar-refractivity contribution in [3.05, 3.63) is 0 Å². The van der Waals surface area contributed by atoms with Crippen molar-refractivity contribution in [3.63, 3.8) is 0 Å². The van der Waals surface area contributed by atoms with Crippen LogP contribution in [0.25, 0.3) is 0 Å². The van der Waals surface area contributed by atoms with Gasteiger partial charge in [0, 0.05) is 32.9 Å². The van der Waals surface area contributed by atoms with Gasteiger partial charge in [0.25, 0.3) is 0 Å². The van der Waals surface area contributed by atoms with Crippen molar-refractivity contribution in [1.82, 2.24) is 0 Å². The van der Waals surface area contributed by atoms with E-state index in [1.165, 1.54) is 0 Å². The second kappa shape index (κ2) is 9.09. The van der Waals surface area contributed by atoms with Crippen LogP contribution in [0.4, 0.5) is 0 Å². The molecule has 0 aliphatic heterocycles. The molecule has 1 unspecified atom stereocenters. The van der Waals surface area contributed by atoms with E-state index in [-0.39, 0.29) is 6.04 Å². The monoisotopic (exact) mass is 250 g/mol. The first-order chi connectivity index (χ1) is 7.64. The first-order valence-electron chi connectivity index (χ1n) is 5.84. The SMILES string of the molecule is CCC(N)CCO[Si](CCCN)(OC)OC. The van der Waals surface area contributed by atoms with Gasteiger partial charge in [-0.3, -0.25) is 0 Å². The van der Waals surface area contributed by atoms with Crippen molar-refractivity contribution in [2.24, 2.45) is 11.5 Å². The molecule has 0 rings (SSSR count). The van der Waals surface area contributed by atoms with Crippen molar-refractivity contribution in [2.75, 3.05) is 27.4 Å². The summed E-state index contributed by atoms with van der Waals surface area (Å²) in [6.45, 7) is 3.28. The van der Waals surface area contributed by atoms with E-state index in [1.54, 1.807) is 14.2 Å². The molecule has 0 fully saturated rings. The molecule has 0 aromatic heterocycles. The molecule has 0 aliphatic rings. The van der Waals surface area contributed by atoms with Crippen LogP contribution in [0, 0.1) is 0 Å². The molecule has 0 aromatic carbocycles. The third-order valence-corrected chi connectivity index (χ3v) is 5.50. The predicted octanol–water partition coefficient (Wildman–Crippen LogP) is 0.711. The molecule has 16 heavy (non-hydrogen) atoms. The maximum atomic E-state index is 5.82. The quantitative estimate of drug-likeness (QED) is 0.558. The zero-order chi connectivity index (χ0) is 12.4. The molecule has 1 atom stereocenters. The Morgan fingerprint density at radius 2 is 1.88 bits per heavy atom. The lowest BCUT2D eigenvalue weighted by molar-refractivity contribution is 0.0946. The molecule has 0 saturated carbocycles. The second-order valence-corrected chi connectivity index (χ2v) is 6.76. The molecule has 0 radical (unpaired) electrons. The summed E-state index contributed by atoms with van der Waals surface area (Å²) in [5.41, 5.74) is 11.3. The van der Waals surface area contributed by atoms with Gasteiger partial charge in [0.1, 0.15) is 0 Å². The zero-order valence-corrected chi connectivity index (χ0v) is 11.7. The molecule has 0 spiro atoms. The van der Waals surface area contributed by atoms with Gasteiger partial charge in [-0.25, -0.2) is 0 Å². The first kappa shape index (κ1) is 16.0. The van der Waals surface area contributed by atoms with Crippen LogP contribution in [0.1, 0.15) is 26.2 Å². The summed E-state index contributed by atoms with van der Waals surface area (Å²) in [6, 6.07) is 0.952. The van der Waals surface area contributed by atoms with Crippen molar-refractivity contribution in [3.8, 4) is 0 Å². The minimum absolute atomic E-state index is 0.190. The molecule has 0 bridgehead atoms. The lowest BCUT2D eigenvalue weighted by Crippen LogP contribution is -2.45. The van der Waals surface area contributed by atoms with Gasteiger partial charge in [0.05, 0.1) is 0 Å². The third kappa shape index (κ3) is 5.93. The van der Waals surface area contributed by atoms with Crippen LogP contribution >= 0.6 is 0 Å². The Morgan fingerprint density at radius 3 is 2.31 bits per heavy atom. The van der Waals surface area contributed by atoms with Crippen LogP contribution in [-0.2, 0) is 13.3 Å². The zero-order valence-electron chi connectivity index (χ0n) is 10.7. The van der Waals surface area contributed by atoms with E-state index in [4.69, 9.17) is 24.7 Å². The molecule has 5 nitrogen and oxygen atoms in total. The third-order valence-electron chi connectivity index (χ3n) is 2.64. The number of nitrogens with two attached hydrogens (primary N) is 2. The predicted molar refractivity (Wildman–Crippen MR) is 67.1 cm³/mol. The fourth-order valence-corrected chi connectivity index (χ4v) is 3.39. The summed E-state index contributed by atoms with van der Waals surface area (Å²) in [7, 11) is 0.782. The maximum Gasteiger partial charge on any atom is 0.500 e. The summed E-state index contributed by atoms with van der Waals surface area (Å²) in [6.07, 6.45) is 2.65. The highest BCUT2D eigenvalue weighted by Crippen LogP contribution is 2.16. The minimum atomic E-state index is -2.48. The van der Waals surface area contributed by atoms with Gasteiger partial charge in [-0.15, -0.1) is 0 Å². The van der Waals surface area contributed by atoms with E-state index in [9.17, 15) is 0 Å². The van der Waals surface area contributed by atoms with Gasteiger partial charge in [0.15, 0.2) is 0 Å². The lowest BCUT2D eigenvalue weighted by atomic mass is 10.2. The fourth-order valence-electron chi connectivity index (χ4n) is 1.37. The highest BCUT2D eigenvalue weighted by molar-refractivity contribution is 6.60. The normalized spacial score (nSPS) is 14.1. The largest absolute Gasteiger partial charge is 0.500 e. The average Bonchev–Trinajstić information content (AvgIpc) is 2.33. The second-order valence-electron chi connectivity index (χ2n) is 3.79. The Morgan fingerprint density at radius 1 is 1.25 bits per heavy atom. The number of rotatable bonds is 10. The van der Waals surface area contributed by atoms with E-state index in [0.717, 1.165) is 25.3 Å². The van der Waals surface area contributed by atoms with Gasteiger partial charge >= 0.3 is 8.80 Å². The van der Waals surface area contributed by atoms with E-state index in [0.29, 0.717) is 13.2 Å². The molecule has 0 aromatic rings. The van der Waals surface area contributed by atoms with Crippen LogP contribution in [0.3, 0.4) is 0 Å². The smallest absolute Gasteiger partial charge is 0.377 e. The molecule has 0 amide bonds. The van der Waals surface area contributed by atoms with Gasteiger partial charge < -0.3 is 24.7 Å². The Hall–Kier alpha value is 0.0169. The van der Waals surface area contributed by atoms with E-state index in [1.807, 2.05) is 0 Å². The van der Waals surface area contributed by atoms with Gasteiger partial charge in [-0.2, -0.15) is 0 Å². The summed E-state index contributed by atoms with van der Waals surface area (Å²) < 4.78 is 16.6. The summed E-state index contributed by atoms with van der Waals surface area (Å²) in [5.74, 6) is 0. The Labute approximate surface area is 99.8 Å². The van der Waals surface area contributed by atoms with Crippen LogP contribution in [0.5, 0.6) is 0 Å². The van der Waals surface area contributed by atoms with Crippen LogP contribution < -0.4 is 11.5 Å². The maximum absolute atomic E-state index is 5.82. The molecule has 0 saturated heterocycles. The molecular formula is C10H26N2O3Si. The van der Waals surface area contributed by atoms with Gasteiger partial charge in [0.2, 0.25) is 0 Å². The Bertz CT molecular complexity index is 168. The Kier molecular flexibility index (Phi) is 9.10. The van der Waals surface area contributed by atoms with Crippen LogP contribution in [-0.4, -0.2) is 42.2 Å². The van der Waals surface area contributed by atoms with Crippen molar-refractivity contribution < 1.29 is 13.3 Å². The standard InChI is InChI=1S/C10H26N2O3Si/c1-4-10(12)6-8-15-16(13-2,14-3)9-5-7-11/h10H,4-9,11-12H2,1-3H3. The highest BCUT2D eigenvalue weighted by atomic mass is 28.4. The lowest BCUT2D eigenvalue weighted by Gasteiger charge is -2.26. The molecule has 6 heteroatoms. The fraction of sp³-hybridized carbons (Fsp3) is 1.00. The van der Waals surface area contributed by atoms with E-state index in [2.05, 4.69) is 6.92 Å². The Balaban J connectivity index is 4.00. The van der Waals surface area contributed by atoms with E-state index < -0.39 is 8.80 Å². The molecule has 98 valence electrons. The molecular weight excluding hydrogens is 224 g/mol. The summed E-state index contributed by atoms with van der Waals surface area (Å²) >= 11 is 0. The van der Waals surface area contributed by atoms with Crippen LogP contribution in [0.15, 0.2) is 0 Å². The molecule has 0 aliphatic carbocycles. The number of hydrogen-bond acceptors (Lipinski definition) is 5. The van der Waals surface area contributed by atoms with Gasteiger partial charge in [-0.1, -0.05) is 6.92 Å². The minimum Gasteiger partial charge on any atom is -0.377 e. The summed E-state index contributed by atoms with van der Waals surface area (Å²) in [5, 5.41) is 0. The van der Waals surface area contributed by atoms with E-state index >= 15 is 0 Å². The average molecular weight is 250 g/mol. The molecule has 0 heterocycles. The van der Waals surface area contributed by atoms with Crippen molar-refractivity contribution in [2.45, 2.75) is 38.3 Å². The topological polar surface area (TPSA) is 79.7 Å². The highest BCUT2D eigenvalue weighted by Gasteiger charge is 2.38. The van der Waals surface area contributed by atoms with Crippen LogP contribution in [0.2, 0.25) is 6.04 Å². The van der Waals surface area contributed by atoms with Crippen molar-refractivity contribution >= 4 is 8.80 Å². The first-order valence-corrected chi connectivity index (χ1v) is 7.77. The molecule has 4 N–H and O–H groups in total. The summed E-state index contributed by atoms with van der Waals surface area (Å²) in [4.78, 5) is 0. The number of hydrogen-bond donors (Lipinski definition) is 2. The van der Waals surface area contributed by atoms with Gasteiger partial charge in [-0.05, 0) is 25.8 Å².